The molecule has 0 spiro atoms. The van der Waals surface area contributed by atoms with E-state index in [1.807, 2.05) is 6.92 Å². The van der Waals surface area contributed by atoms with Crippen LogP contribution in [0.25, 0.3) is 0 Å². The molecule has 4 atom stereocenters. The monoisotopic (exact) mass is 290 g/mol. The van der Waals surface area contributed by atoms with E-state index in [-0.39, 0.29) is 29.8 Å². The number of rotatable bonds is 0. The van der Waals surface area contributed by atoms with Gasteiger partial charge in [-0.05, 0) is 25.0 Å². The van der Waals surface area contributed by atoms with Crippen LogP contribution in [-0.4, -0.2) is 33.3 Å². The van der Waals surface area contributed by atoms with Gasteiger partial charge in [-0.25, -0.2) is 0 Å². The maximum absolute atomic E-state index is 12.5. The largest absolute Gasteiger partial charge is 0.508 e. The number of hydrogen-bond acceptors (Lipinski definition) is 5. The maximum atomic E-state index is 12.5. The van der Waals surface area contributed by atoms with Crippen molar-refractivity contribution in [1.29, 1.82) is 0 Å². The first kappa shape index (κ1) is 13.1. The van der Waals surface area contributed by atoms with E-state index in [0.29, 0.717) is 30.4 Å². The van der Waals surface area contributed by atoms with Crippen molar-refractivity contribution in [1.82, 2.24) is 0 Å². The Bertz CT molecular complexity index is 654. The SMILES string of the molecule is CC12Cc3c(O)ccc(O)c3C3OCC(O)(CCC1=O)C32. The highest BCUT2D eigenvalue weighted by atomic mass is 16.5. The Labute approximate surface area is 122 Å². The van der Waals surface area contributed by atoms with Crippen molar-refractivity contribution in [2.45, 2.75) is 37.9 Å². The van der Waals surface area contributed by atoms with E-state index in [1.54, 1.807) is 0 Å². The average Bonchev–Trinajstić information content (AvgIpc) is 2.79. The lowest BCUT2D eigenvalue weighted by Crippen LogP contribution is -2.56. The summed E-state index contributed by atoms with van der Waals surface area (Å²) in [4.78, 5) is 12.5. The number of phenolic OH excluding ortho intramolecular Hbond substituents is 2. The molecule has 2 fully saturated rings. The molecule has 5 heteroatoms. The van der Waals surface area contributed by atoms with Gasteiger partial charge >= 0.3 is 0 Å². The second-order valence-electron chi connectivity index (χ2n) is 6.83. The Hall–Kier alpha value is -1.59. The number of aliphatic hydroxyl groups is 1. The Kier molecular flexibility index (Phi) is 2.36. The van der Waals surface area contributed by atoms with Gasteiger partial charge < -0.3 is 20.1 Å². The van der Waals surface area contributed by atoms with Crippen LogP contribution >= 0.6 is 0 Å². The smallest absolute Gasteiger partial charge is 0.139 e. The van der Waals surface area contributed by atoms with Crippen LogP contribution < -0.4 is 0 Å². The fourth-order valence-corrected chi connectivity index (χ4v) is 4.62. The number of hydrogen-bond donors (Lipinski definition) is 3. The van der Waals surface area contributed by atoms with Gasteiger partial charge in [-0.2, -0.15) is 0 Å². The van der Waals surface area contributed by atoms with Gasteiger partial charge in [-0.3, -0.25) is 4.79 Å². The molecule has 0 bridgehead atoms. The minimum absolute atomic E-state index is 0.0529. The molecular formula is C16H18O5. The fourth-order valence-electron chi connectivity index (χ4n) is 4.62. The van der Waals surface area contributed by atoms with Gasteiger partial charge in [0.1, 0.15) is 17.3 Å². The molecule has 112 valence electrons. The summed E-state index contributed by atoms with van der Waals surface area (Å²) in [5.41, 5.74) is -0.684. The highest BCUT2D eigenvalue weighted by molar-refractivity contribution is 5.87. The van der Waals surface area contributed by atoms with Gasteiger partial charge in [-0.1, -0.05) is 6.92 Å². The van der Waals surface area contributed by atoms with Crippen molar-refractivity contribution in [3.8, 4) is 11.5 Å². The lowest BCUT2D eigenvalue weighted by Gasteiger charge is -2.50. The number of aromatic hydroxyl groups is 2. The number of ketones is 1. The minimum atomic E-state index is -1.02. The Morgan fingerprint density at radius 3 is 2.76 bits per heavy atom. The molecular weight excluding hydrogens is 272 g/mol. The van der Waals surface area contributed by atoms with Crippen molar-refractivity contribution in [2.24, 2.45) is 11.3 Å². The average molecular weight is 290 g/mol. The van der Waals surface area contributed by atoms with Crippen LogP contribution in [0.3, 0.4) is 0 Å². The van der Waals surface area contributed by atoms with Crippen LogP contribution in [0.5, 0.6) is 11.5 Å². The van der Waals surface area contributed by atoms with Gasteiger partial charge in [0.25, 0.3) is 0 Å². The molecule has 0 amide bonds. The van der Waals surface area contributed by atoms with Crippen molar-refractivity contribution in [2.75, 3.05) is 6.61 Å². The van der Waals surface area contributed by atoms with Gasteiger partial charge in [0, 0.05) is 28.9 Å². The van der Waals surface area contributed by atoms with Crippen LogP contribution in [0.1, 0.15) is 37.0 Å². The predicted molar refractivity (Wildman–Crippen MR) is 73.0 cm³/mol. The third-order valence-corrected chi connectivity index (χ3v) is 5.64. The molecule has 1 aromatic carbocycles. The van der Waals surface area contributed by atoms with Crippen LogP contribution in [0.2, 0.25) is 0 Å². The Morgan fingerprint density at radius 1 is 1.29 bits per heavy atom. The van der Waals surface area contributed by atoms with Crippen molar-refractivity contribution < 1.29 is 24.9 Å². The molecule has 0 aromatic heterocycles. The van der Waals surface area contributed by atoms with E-state index >= 15 is 0 Å². The summed E-state index contributed by atoms with van der Waals surface area (Å²) in [5, 5.41) is 31.2. The normalized spacial score (nSPS) is 40.8. The molecule has 21 heavy (non-hydrogen) atoms. The van der Waals surface area contributed by atoms with Gasteiger partial charge in [0.15, 0.2) is 0 Å². The summed E-state index contributed by atoms with van der Waals surface area (Å²) in [6, 6.07) is 2.87. The molecule has 4 unspecified atom stereocenters. The number of fused-ring (bicyclic) bond motifs is 2. The Morgan fingerprint density at radius 2 is 2.00 bits per heavy atom. The molecule has 3 N–H and O–H groups in total. The number of carbonyl (C=O) groups excluding carboxylic acids is 1. The van der Waals surface area contributed by atoms with Crippen LogP contribution in [-0.2, 0) is 16.0 Å². The summed E-state index contributed by atoms with van der Waals surface area (Å²) in [7, 11) is 0. The quantitative estimate of drug-likeness (QED) is 0.629. The molecule has 1 aliphatic heterocycles. The lowest BCUT2D eigenvalue weighted by molar-refractivity contribution is -0.150. The van der Waals surface area contributed by atoms with Crippen molar-refractivity contribution in [3.05, 3.63) is 23.3 Å². The van der Waals surface area contributed by atoms with Gasteiger partial charge in [0.2, 0.25) is 0 Å². The minimum Gasteiger partial charge on any atom is -0.508 e. The standard InChI is InChI=1S/C16H18O5/c1-15-6-8-9(17)2-3-10(18)12(8)13-14(15)16(20,7-21-13)5-4-11(15)19/h2-3,13-14,17-18,20H,4-7H2,1H3. The number of Topliss-reactive ketones (excluding diaryl/α,β-unsaturated/α-hetero) is 1. The van der Waals surface area contributed by atoms with Gasteiger partial charge in [0.05, 0.1) is 18.3 Å². The van der Waals surface area contributed by atoms with Crippen LogP contribution in [0, 0.1) is 11.3 Å². The lowest BCUT2D eigenvalue weighted by atomic mass is 9.53. The zero-order valence-corrected chi connectivity index (χ0v) is 11.8. The van der Waals surface area contributed by atoms with E-state index in [4.69, 9.17) is 4.74 Å². The molecule has 1 heterocycles. The van der Waals surface area contributed by atoms with E-state index in [2.05, 4.69) is 0 Å². The fraction of sp³-hybridized carbons (Fsp3) is 0.562. The third kappa shape index (κ3) is 1.45. The molecule has 1 saturated carbocycles. The van der Waals surface area contributed by atoms with Gasteiger partial charge in [-0.15, -0.1) is 0 Å². The topological polar surface area (TPSA) is 87.0 Å². The van der Waals surface area contributed by atoms with E-state index in [1.165, 1.54) is 12.1 Å². The van der Waals surface area contributed by atoms with E-state index in [0.717, 1.165) is 0 Å². The molecule has 1 saturated heterocycles. The second-order valence-corrected chi connectivity index (χ2v) is 6.83. The first-order chi connectivity index (χ1) is 9.87. The second kappa shape index (κ2) is 3.78. The number of benzene rings is 1. The molecule has 2 aliphatic carbocycles. The summed E-state index contributed by atoms with van der Waals surface area (Å²) < 4.78 is 5.78. The molecule has 0 radical (unpaired) electrons. The molecule has 3 aliphatic rings. The predicted octanol–water partition coefficient (Wildman–Crippen LogP) is 1.44. The number of ether oxygens (including phenoxy) is 1. The number of carbonyl (C=O) groups is 1. The van der Waals surface area contributed by atoms with Crippen LogP contribution in [0.4, 0.5) is 0 Å². The first-order valence-electron chi connectivity index (χ1n) is 7.28. The summed E-state index contributed by atoms with van der Waals surface area (Å²) in [6.07, 6.45) is 0.514. The number of phenols is 2. The zero-order valence-electron chi connectivity index (χ0n) is 11.8. The maximum Gasteiger partial charge on any atom is 0.139 e. The molecule has 1 aromatic rings. The zero-order chi connectivity index (χ0) is 15.0. The highest BCUT2D eigenvalue weighted by Crippen LogP contribution is 2.62. The molecule has 5 nitrogen and oxygen atoms in total. The summed E-state index contributed by atoms with van der Waals surface area (Å²) in [6.45, 7) is 2.01. The Balaban J connectivity index is 1.98. The third-order valence-electron chi connectivity index (χ3n) is 5.64. The molecule has 4 rings (SSSR count). The first-order valence-corrected chi connectivity index (χ1v) is 7.28. The van der Waals surface area contributed by atoms with Crippen molar-refractivity contribution in [3.63, 3.8) is 0 Å². The summed E-state index contributed by atoms with van der Waals surface area (Å²) >= 11 is 0. The van der Waals surface area contributed by atoms with E-state index < -0.39 is 17.1 Å². The van der Waals surface area contributed by atoms with Crippen molar-refractivity contribution >= 4 is 5.78 Å². The van der Waals surface area contributed by atoms with E-state index in [9.17, 15) is 20.1 Å². The van der Waals surface area contributed by atoms with Crippen LogP contribution in [0.15, 0.2) is 12.1 Å². The summed E-state index contributed by atoms with van der Waals surface area (Å²) in [5.74, 6) is -0.149. The highest BCUT2D eigenvalue weighted by Gasteiger charge is 2.65.